The summed E-state index contributed by atoms with van der Waals surface area (Å²) in [5.74, 6) is 1.42. The monoisotopic (exact) mass is 281 g/mol. The van der Waals surface area contributed by atoms with Crippen molar-refractivity contribution in [3.63, 3.8) is 0 Å². The van der Waals surface area contributed by atoms with Gasteiger partial charge in [0.15, 0.2) is 0 Å². The first-order chi connectivity index (χ1) is 7.70. The van der Waals surface area contributed by atoms with Gasteiger partial charge >= 0.3 is 0 Å². The molecule has 16 heavy (non-hydrogen) atoms. The Morgan fingerprint density at radius 2 is 2.38 bits per heavy atom. The second-order valence-corrected chi connectivity index (χ2v) is 5.23. The maximum absolute atomic E-state index is 11.1. The number of amides is 1. The van der Waals surface area contributed by atoms with Crippen LogP contribution >= 0.6 is 15.9 Å². The molecule has 1 aliphatic carbocycles. The Morgan fingerprint density at radius 1 is 1.56 bits per heavy atom. The zero-order valence-electron chi connectivity index (χ0n) is 9.37. The topological polar surface area (TPSA) is 29.1 Å². The van der Waals surface area contributed by atoms with Gasteiger partial charge in [-0.05, 0) is 36.0 Å². The van der Waals surface area contributed by atoms with Crippen molar-refractivity contribution in [1.82, 2.24) is 5.32 Å². The molecule has 1 aromatic carbocycles. The molecular weight excluding hydrogens is 266 g/mol. The van der Waals surface area contributed by atoms with Gasteiger partial charge < -0.3 is 5.32 Å². The highest BCUT2D eigenvalue weighted by molar-refractivity contribution is 9.10. The standard InChI is InChI=1S/C13H16BrNO/c1-2-13(16)15-8-10-7-12(10)9-4-3-5-11(14)6-9/h3-6,10,12H,2,7-8H2,1H3,(H,15,16)/t10-,12-/m0/s1. The van der Waals surface area contributed by atoms with E-state index >= 15 is 0 Å². The molecule has 1 amide bonds. The first kappa shape index (κ1) is 11.6. The smallest absolute Gasteiger partial charge is 0.219 e. The third-order valence-electron chi connectivity index (χ3n) is 3.08. The normalized spacial score (nSPS) is 22.9. The van der Waals surface area contributed by atoms with Crippen LogP contribution in [0.15, 0.2) is 28.7 Å². The fraction of sp³-hybridized carbons (Fsp3) is 0.462. The zero-order chi connectivity index (χ0) is 11.5. The van der Waals surface area contributed by atoms with Crippen LogP contribution in [0.1, 0.15) is 31.2 Å². The first-order valence-corrected chi connectivity index (χ1v) is 6.52. The van der Waals surface area contributed by atoms with Crippen molar-refractivity contribution in [3.8, 4) is 0 Å². The van der Waals surface area contributed by atoms with Crippen LogP contribution in [0, 0.1) is 5.92 Å². The van der Waals surface area contributed by atoms with Crippen LogP contribution in [0.4, 0.5) is 0 Å². The van der Waals surface area contributed by atoms with E-state index in [1.807, 2.05) is 13.0 Å². The summed E-state index contributed by atoms with van der Waals surface area (Å²) in [7, 11) is 0. The third-order valence-corrected chi connectivity index (χ3v) is 3.58. The van der Waals surface area contributed by atoms with Crippen LogP contribution in [0.2, 0.25) is 0 Å². The molecule has 1 saturated carbocycles. The average molecular weight is 282 g/mol. The van der Waals surface area contributed by atoms with Gasteiger partial charge in [-0.3, -0.25) is 4.79 Å². The lowest BCUT2D eigenvalue weighted by Gasteiger charge is -2.03. The highest BCUT2D eigenvalue weighted by Crippen LogP contribution is 2.47. The second kappa shape index (κ2) is 5.00. The molecule has 0 spiro atoms. The molecule has 0 unspecified atom stereocenters. The number of carbonyl (C=O) groups excluding carboxylic acids is 1. The van der Waals surface area contributed by atoms with Crippen LogP contribution in [-0.2, 0) is 4.79 Å². The Hall–Kier alpha value is -0.830. The molecule has 2 rings (SSSR count). The number of rotatable bonds is 4. The summed E-state index contributed by atoms with van der Waals surface area (Å²) < 4.78 is 1.13. The first-order valence-electron chi connectivity index (χ1n) is 5.73. The molecule has 2 nitrogen and oxygen atoms in total. The summed E-state index contributed by atoms with van der Waals surface area (Å²) >= 11 is 3.48. The molecule has 3 heteroatoms. The number of benzene rings is 1. The van der Waals surface area contributed by atoms with Crippen molar-refractivity contribution in [2.75, 3.05) is 6.54 Å². The largest absolute Gasteiger partial charge is 0.356 e. The molecule has 2 atom stereocenters. The molecule has 0 saturated heterocycles. The van der Waals surface area contributed by atoms with Crippen LogP contribution in [0.5, 0.6) is 0 Å². The third kappa shape index (κ3) is 2.85. The lowest BCUT2D eigenvalue weighted by molar-refractivity contribution is -0.120. The van der Waals surface area contributed by atoms with Crippen molar-refractivity contribution in [2.45, 2.75) is 25.7 Å². The molecule has 1 fully saturated rings. The van der Waals surface area contributed by atoms with E-state index in [4.69, 9.17) is 0 Å². The number of hydrogen-bond donors (Lipinski definition) is 1. The quantitative estimate of drug-likeness (QED) is 0.903. The predicted octanol–water partition coefficient (Wildman–Crippen LogP) is 3.08. The Kier molecular flexibility index (Phi) is 3.64. The van der Waals surface area contributed by atoms with Crippen molar-refractivity contribution < 1.29 is 4.79 Å². The van der Waals surface area contributed by atoms with Gasteiger partial charge in [-0.2, -0.15) is 0 Å². The van der Waals surface area contributed by atoms with Gasteiger partial charge in [-0.25, -0.2) is 0 Å². The van der Waals surface area contributed by atoms with Gasteiger partial charge in [0.25, 0.3) is 0 Å². The van der Waals surface area contributed by atoms with Crippen molar-refractivity contribution in [1.29, 1.82) is 0 Å². The summed E-state index contributed by atoms with van der Waals surface area (Å²) in [6.07, 6.45) is 1.77. The molecule has 86 valence electrons. The summed E-state index contributed by atoms with van der Waals surface area (Å²) in [6, 6.07) is 8.45. The van der Waals surface area contributed by atoms with E-state index in [0.29, 0.717) is 18.3 Å². The number of nitrogens with one attached hydrogen (secondary N) is 1. The maximum atomic E-state index is 11.1. The van der Waals surface area contributed by atoms with Crippen molar-refractivity contribution in [3.05, 3.63) is 34.3 Å². The number of halogens is 1. The van der Waals surface area contributed by atoms with Gasteiger partial charge in [0.1, 0.15) is 0 Å². The van der Waals surface area contributed by atoms with Crippen LogP contribution in [-0.4, -0.2) is 12.5 Å². The number of hydrogen-bond acceptors (Lipinski definition) is 1. The summed E-state index contributed by atoms with van der Waals surface area (Å²) in [5, 5.41) is 2.96. The lowest BCUT2D eigenvalue weighted by atomic mass is 10.1. The maximum Gasteiger partial charge on any atom is 0.219 e. The van der Waals surface area contributed by atoms with Gasteiger partial charge in [0, 0.05) is 17.4 Å². The predicted molar refractivity (Wildman–Crippen MR) is 68.3 cm³/mol. The lowest BCUT2D eigenvalue weighted by Crippen LogP contribution is -2.24. The Bertz CT molecular complexity index is 391. The SMILES string of the molecule is CCC(=O)NC[C@@H]1C[C@H]1c1cccc(Br)c1. The van der Waals surface area contributed by atoms with Gasteiger partial charge in [0.2, 0.25) is 5.91 Å². The van der Waals surface area contributed by atoms with Gasteiger partial charge in [-0.15, -0.1) is 0 Å². The molecule has 0 aromatic heterocycles. The minimum Gasteiger partial charge on any atom is -0.356 e. The molecule has 0 aliphatic heterocycles. The van der Waals surface area contributed by atoms with Crippen molar-refractivity contribution in [2.24, 2.45) is 5.92 Å². The molecule has 0 heterocycles. The Labute approximate surface area is 105 Å². The zero-order valence-corrected chi connectivity index (χ0v) is 11.0. The molecule has 0 bridgehead atoms. The van der Waals surface area contributed by atoms with Crippen LogP contribution in [0.3, 0.4) is 0 Å². The highest BCUT2D eigenvalue weighted by Gasteiger charge is 2.38. The van der Waals surface area contributed by atoms with Gasteiger partial charge in [0.05, 0.1) is 0 Å². The molecule has 1 N–H and O–H groups in total. The summed E-state index contributed by atoms with van der Waals surface area (Å²) in [5.41, 5.74) is 1.38. The molecule has 1 aliphatic rings. The van der Waals surface area contributed by atoms with E-state index in [0.717, 1.165) is 11.0 Å². The van der Waals surface area contributed by atoms with E-state index in [1.54, 1.807) is 0 Å². The molecular formula is C13H16BrNO. The van der Waals surface area contributed by atoms with E-state index in [9.17, 15) is 4.79 Å². The summed E-state index contributed by atoms with van der Waals surface area (Å²) in [6.45, 7) is 2.71. The van der Waals surface area contributed by atoms with E-state index in [1.165, 1.54) is 12.0 Å². The highest BCUT2D eigenvalue weighted by atomic mass is 79.9. The average Bonchev–Trinajstić information content (AvgIpc) is 3.05. The van der Waals surface area contributed by atoms with E-state index in [2.05, 4.69) is 39.4 Å². The molecule has 0 radical (unpaired) electrons. The fourth-order valence-electron chi connectivity index (χ4n) is 1.99. The van der Waals surface area contributed by atoms with E-state index < -0.39 is 0 Å². The minimum atomic E-state index is 0.153. The van der Waals surface area contributed by atoms with E-state index in [-0.39, 0.29) is 5.91 Å². The van der Waals surface area contributed by atoms with Crippen LogP contribution < -0.4 is 5.32 Å². The number of carbonyl (C=O) groups is 1. The minimum absolute atomic E-state index is 0.153. The second-order valence-electron chi connectivity index (χ2n) is 4.31. The summed E-state index contributed by atoms with van der Waals surface area (Å²) in [4.78, 5) is 11.1. The van der Waals surface area contributed by atoms with Crippen molar-refractivity contribution >= 4 is 21.8 Å². The fourth-order valence-corrected chi connectivity index (χ4v) is 2.41. The Balaban J connectivity index is 1.85. The molecule has 1 aromatic rings. The Morgan fingerprint density at radius 3 is 3.06 bits per heavy atom. The van der Waals surface area contributed by atoms with Gasteiger partial charge in [-0.1, -0.05) is 35.0 Å². The van der Waals surface area contributed by atoms with Crippen LogP contribution in [0.25, 0.3) is 0 Å².